The zero-order chi connectivity index (χ0) is 14.7. The zero-order valence-corrected chi connectivity index (χ0v) is 12.5. The maximum atomic E-state index is 12.1. The highest BCUT2D eigenvalue weighted by atomic mass is 16.5. The number of benzene rings is 1. The summed E-state index contributed by atoms with van der Waals surface area (Å²) in [7, 11) is 1.74. The molecule has 3 rings (SSSR count). The molecule has 5 nitrogen and oxygen atoms in total. The largest absolute Gasteiger partial charge is 0.383 e. The van der Waals surface area contributed by atoms with E-state index in [0.29, 0.717) is 12.5 Å². The van der Waals surface area contributed by atoms with Crippen LogP contribution in [-0.2, 0) is 16.0 Å². The Balaban J connectivity index is 1.55. The van der Waals surface area contributed by atoms with Gasteiger partial charge in [-0.2, -0.15) is 0 Å². The number of piperidine rings is 1. The predicted octanol–water partition coefficient (Wildman–Crippen LogP) is 1.19. The summed E-state index contributed by atoms with van der Waals surface area (Å²) in [6.45, 7) is 3.90. The lowest BCUT2D eigenvalue weighted by Gasteiger charge is -2.34. The van der Waals surface area contributed by atoms with Crippen LogP contribution in [0.15, 0.2) is 24.3 Å². The first-order valence-electron chi connectivity index (χ1n) is 7.66. The Kier molecular flexibility index (Phi) is 4.53. The van der Waals surface area contributed by atoms with E-state index >= 15 is 0 Å². The Bertz CT molecular complexity index is 498. The first-order valence-corrected chi connectivity index (χ1v) is 7.66. The molecule has 0 aromatic heterocycles. The fraction of sp³-hybridized carbons (Fsp3) is 0.562. The van der Waals surface area contributed by atoms with Crippen molar-refractivity contribution in [3.05, 3.63) is 29.8 Å². The van der Waals surface area contributed by atoms with E-state index < -0.39 is 0 Å². The molecule has 1 amide bonds. The number of amides is 1. The molecule has 0 bridgehead atoms. The molecule has 1 N–H and O–H groups in total. The maximum absolute atomic E-state index is 12.1. The minimum atomic E-state index is 0.151. The van der Waals surface area contributed by atoms with Gasteiger partial charge in [0.25, 0.3) is 0 Å². The standard InChI is InChI=1S/C16H23N3O2/c1-21-11-10-18-8-6-14(7-9-18)17-19-15-5-3-2-4-13(15)12-16(19)20/h2-5,14,17H,6-12H2,1H3. The topological polar surface area (TPSA) is 44.8 Å². The van der Waals surface area contributed by atoms with Gasteiger partial charge in [0.05, 0.1) is 18.7 Å². The molecule has 0 aliphatic carbocycles. The zero-order valence-electron chi connectivity index (χ0n) is 12.5. The van der Waals surface area contributed by atoms with Crippen molar-refractivity contribution in [2.45, 2.75) is 25.3 Å². The normalized spacial score (nSPS) is 20.0. The molecular formula is C16H23N3O2. The Hall–Kier alpha value is -1.43. The number of ether oxygens (including phenoxy) is 1. The van der Waals surface area contributed by atoms with Crippen LogP contribution >= 0.6 is 0 Å². The lowest BCUT2D eigenvalue weighted by atomic mass is 10.1. The van der Waals surface area contributed by atoms with Gasteiger partial charge < -0.3 is 9.64 Å². The fourth-order valence-electron chi connectivity index (χ4n) is 3.08. The maximum Gasteiger partial charge on any atom is 0.245 e. The number of fused-ring (bicyclic) bond motifs is 1. The molecule has 5 heteroatoms. The monoisotopic (exact) mass is 289 g/mol. The first-order chi connectivity index (χ1) is 10.3. The summed E-state index contributed by atoms with van der Waals surface area (Å²) in [5.41, 5.74) is 5.56. The Morgan fingerprint density at radius 2 is 2.05 bits per heavy atom. The molecule has 114 valence electrons. The number of para-hydroxylation sites is 1. The summed E-state index contributed by atoms with van der Waals surface area (Å²) >= 11 is 0. The molecule has 21 heavy (non-hydrogen) atoms. The van der Waals surface area contributed by atoms with Gasteiger partial charge in [0.1, 0.15) is 0 Å². The Labute approximate surface area is 125 Å². The van der Waals surface area contributed by atoms with E-state index in [1.165, 1.54) is 0 Å². The van der Waals surface area contributed by atoms with E-state index in [4.69, 9.17) is 4.74 Å². The van der Waals surface area contributed by atoms with Crippen molar-refractivity contribution in [3.63, 3.8) is 0 Å². The van der Waals surface area contributed by atoms with Crippen molar-refractivity contribution in [2.24, 2.45) is 0 Å². The number of nitrogens with one attached hydrogen (secondary N) is 1. The summed E-state index contributed by atoms with van der Waals surface area (Å²) in [5, 5.41) is 1.75. The fourth-order valence-corrected chi connectivity index (χ4v) is 3.08. The number of carbonyl (C=O) groups excluding carboxylic acids is 1. The van der Waals surface area contributed by atoms with E-state index in [0.717, 1.165) is 50.3 Å². The van der Waals surface area contributed by atoms with Crippen molar-refractivity contribution >= 4 is 11.6 Å². The lowest BCUT2D eigenvalue weighted by molar-refractivity contribution is -0.118. The van der Waals surface area contributed by atoms with E-state index in [9.17, 15) is 4.79 Å². The van der Waals surface area contributed by atoms with Crippen LogP contribution in [0.1, 0.15) is 18.4 Å². The van der Waals surface area contributed by atoms with Gasteiger partial charge in [0, 0.05) is 19.7 Å². The van der Waals surface area contributed by atoms with Crippen molar-refractivity contribution in [3.8, 4) is 0 Å². The lowest BCUT2D eigenvalue weighted by Crippen LogP contribution is -2.51. The van der Waals surface area contributed by atoms with Crippen molar-refractivity contribution in [1.82, 2.24) is 10.3 Å². The SMILES string of the molecule is COCCN1CCC(NN2C(=O)Cc3ccccc32)CC1. The minimum Gasteiger partial charge on any atom is -0.383 e. The highest BCUT2D eigenvalue weighted by Crippen LogP contribution is 2.27. The Morgan fingerprint density at radius 1 is 1.29 bits per heavy atom. The van der Waals surface area contributed by atoms with Gasteiger partial charge in [-0.15, -0.1) is 0 Å². The van der Waals surface area contributed by atoms with Gasteiger partial charge in [-0.1, -0.05) is 18.2 Å². The average Bonchev–Trinajstić information content (AvgIpc) is 2.83. The van der Waals surface area contributed by atoms with Gasteiger partial charge in [-0.25, -0.2) is 10.4 Å². The van der Waals surface area contributed by atoms with Crippen molar-refractivity contribution < 1.29 is 9.53 Å². The molecule has 1 saturated heterocycles. The van der Waals surface area contributed by atoms with Crippen LogP contribution in [0.3, 0.4) is 0 Å². The highest BCUT2D eigenvalue weighted by molar-refractivity contribution is 6.00. The summed E-state index contributed by atoms with van der Waals surface area (Å²) in [4.78, 5) is 14.6. The summed E-state index contributed by atoms with van der Waals surface area (Å²) in [6, 6.07) is 8.39. The number of methoxy groups -OCH3 is 1. The number of carbonyl (C=O) groups is 1. The van der Waals surface area contributed by atoms with Crippen LogP contribution in [0, 0.1) is 0 Å². The second-order valence-corrected chi connectivity index (χ2v) is 5.77. The van der Waals surface area contributed by atoms with Crippen LogP contribution in [-0.4, -0.2) is 50.2 Å². The molecule has 1 aromatic rings. The second-order valence-electron chi connectivity index (χ2n) is 5.77. The molecule has 0 saturated carbocycles. The van der Waals surface area contributed by atoms with Crippen molar-refractivity contribution in [2.75, 3.05) is 38.4 Å². The molecule has 0 atom stereocenters. The van der Waals surface area contributed by atoms with E-state index in [-0.39, 0.29) is 5.91 Å². The summed E-state index contributed by atoms with van der Waals surface area (Å²) in [6.07, 6.45) is 2.64. The number of hydrogen-bond donors (Lipinski definition) is 1. The van der Waals surface area contributed by atoms with Crippen LogP contribution in [0.25, 0.3) is 0 Å². The summed E-state index contributed by atoms with van der Waals surface area (Å²) < 4.78 is 5.12. The van der Waals surface area contributed by atoms with Crippen LogP contribution in [0.4, 0.5) is 5.69 Å². The first kappa shape index (κ1) is 14.5. The molecule has 0 radical (unpaired) electrons. The summed E-state index contributed by atoms with van der Waals surface area (Å²) in [5.74, 6) is 0.151. The van der Waals surface area contributed by atoms with Gasteiger partial charge in [-0.05, 0) is 37.6 Å². The number of nitrogens with zero attached hydrogens (tertiary/aromatic N) is 2. The number of likely N-dealkylation sites (tertiary alicyclic amines) is 1. The molecule has 2 aliphatic rings. The number of hydrogen-bond acceptors (Lipinski definition) is 4. The third-order valence-corrected chi connectivity index (χ3v) is 4.33. The van der Waals surface area contributed by atoms with E-state index in [1.54, 1.807) is 12.1 Å². The van der Waals surface area contributed by atoms with Gasteiger partial charge in [-0.3, -0.25) is 4.79 Å². The van der Waals surface area contributed by atoms with Gasteiger partial charge >= 0.3 is 0 Å². The average molecular weight is 289 g/mol. The quantitative estimate of drug-likeness (QED) is 0.884. The number of rotatable bonds is 5. The predicted molar refractivity (Wildman–Crippen MR) is 82.1 cm³/mol. The smallest absolute Gasteiger partial charge is 0.245 e. The second kappa shape index (κ2) is 6.56. The van der Waals surface area contributed by atoms with Crippen LogP contribution < -0.4 is 10.4 Å². The van der Waals surface area contributed by atoms with E-state index in [2.05, 4.69) is 10.3 Å². The third-order valence-electron chi connectivity index (χ3n) is 4.33. The molecule has 2 heterocycles. The molecule has 1 aromatic carbocycles. The highest BCUT2D eigenvalue weighted by Gasteiger charge is 2.29. The van der Waals surface area contributed by atoms with Crippen molar-refractivity contribution in [1.29, 1.82) is 0 Å². The molecular weight excluding hydrogens is 266 g/mol. The Morgan fingerprint density at radius 3 is 2.81 bits per heavy atom. The molecule has 0 spiro atoms. The molecule has 1 fully saturated rings. The number of hydrazine groups is 1. The third kappa shape index (κ3) is 3.26. The molecule has 0 unspecified atom stereocenters. The van der Waals surface area contributed by atoms with Crippen LogP contribution in [0.5, 0.6) is 0 Å². The van der Waals surface area contributed by atoms with E-state index in [1.807, 2.05) is 24.3 Å². The number of anilines is 1. The molecule has 2 aliphatic heterocycles. The minimum absolute atomic E-state index is 0.151. The van der Waals surface area contributed by atoms with Crippen LogP contribution in [0.2, 0.25) is 0 Å². The van der Waals surface area contributed by atoms with Gasteiger partial charge in [0.2, 0.25) is 5.91 Å². The van der Waals surface area contributed by atoms with Gasteiger partial charge in [0.15, 0.2) is 0 Å².